The number of methoxy groups -OCH3 is 1. The van der Waals surface area contributed by atoms with Crippen molar-refractivity contribution < 1.29 is 9.53 Å². The zero-order chi connectivity index (χ0) is 13.0. The summed E-state index contributed by atoms with van der Waals surface area (Å²) in [7, 11) is 1.65. The Morgan fingerprint density at radius 3 is 3.22 bits per heavy atom. The quantitative estimate of drug-likeness (QED) is 0.830. The normalized spacial score (nSPS) is 16.1. The van der Waals surface area contributed by atoms with E-state index in [4.69, 9.17) is 4.74 Å². The van der Waals surface area contributed by atoms with E-state index in [1.807, 2.05) is 17.8 Å². The van der Waals surface area contributed by atoms with Crippen LogP contribution in [-0.4, -0.2) is 36.7 Å². The third-order valence-corrected chi connectivity index (χ3v) is 5.51. The lowest BCUT2D eigenvalue weighted by atomic mass is 10.2. The molecular formula is C12H16BrNO2S2. The number of carbonyl (C=O) groups excluding carboxylic acids is 1. The number of thiophene rings is 1. The van der Waals surface area contributed by atoms with Crippen LogP contribution in [0.15, 0.2) is 6.07 Å². The molecule has 0 saturated carbocycles. The van der Waals surface area contributed by atoms with E-state index in [-0.39, 0.29) is 10.7 Å². The van der Waals surface area contributed by atoms with Gasteiger partial charge in [0.2, 0.25) is 0 Å². The van der Waals surface area contributed by atoms with E-state index in [1.165, 1.54) is 16.2 Å². The molecule has 0 radical (unpaired) electrons. The molecule has 1 N–H and O–H groups in total. The Bertz CT molecular complexity index is 399. The SMILES string of the molecule is COCC(Br)CNC(=O)c1cc2c(s1)CCSC2. The molecule has 1 atom stereocenters. The van der Waals surface area contributed by atoms with Crippen molar-refractivity contribution >= 4 is 44.9 Å². The van der Waals surface area contributed by atoms with Crippen molar-refractivity contribution in [3.05, 3.63) is 21.4 Å². The van der Waals surface area contributed by atoms with Crippen molar-refractivity contribution in [2.75, 3.05) is 26.0 Å². The molecule has 6 heteroatoms. The molecule has 1 amide bonds. The van der Waals surface area contributed by atoms with Gasteiger partial charge in [-0.3, -0.25) is 4.79 Å². The Balaban J connectivity index is 1.90. The highest BCUT2D eigenvalue weighted by Gasteiger charge is 2.17. The zero-order valence-electron chi connectivity index (χ0n) is 10.2. The summed E-state index contributed by atoms with van der Waals surface area (Å²) < 4.78 is 5.01. The second-order valence-corrected chi connectivity index (χ2v) is 7.66. The molecule has 0 spiro atoms. The van der Waals surface area contributed by atoms with Crippen molar-refractivity contribution in [1.82, 2.24) is 5.32 Å². The minimum atomic E-state index is 0.0277. The Kier molecular flexibility index (Phi) is 5.54. The average molecular weight is 350 g/mol. The summed E-state index contributed by atoms with van der Waals surface area (Å²) in [6, 6.07) is 2.04. The van der Waals surface area contributed by atoms with Crippen LogP contribution < -0.4 is 5.32 Å². The molecule has 0 fully saturated rings. The average Bonchev–Trinajstić information content (AvgIpc) is 2.80. The van der Waals surface area contributed by atoms with Crippen molar-refractivity contribution in [2.24, 2.45) is 0 Å². The number of hydrogen-bond donors (Lipinski definition) is 1. The van der Waals surface area contributed by atoms with Crippen molar-refractivity contribution in [1.29, 1.82) is 0 Å². The van der Waals surface area contributed by atoms with Crippen LogP contribution in [0.25, 0.3) is 0 Å². The molecular weight excluding hydrogens is 334 g/mol. The first-order valence-corrected chi connectivity index (χ1v) is 8.70. The third kappa shape index (κ3) is 3.73. The number of rotatable bonds is 5. The molecule has 3 nitrogen and oxygen atoms in total. The van der Waals surface area contributed by atoms with Gasteiger partial charge in [-0.25, -0.2) is 0 Å². The van der Waals surface area contributed by atoms with Crippen molar-refractivity contribution in [3.63, 3.8) is 0 Å². The maximum Gasteiger partial charge on any atom is 0.261 e. The van der Waals surface area contributed by atoms with Crippen molar-refractivity contribution in [2.45, 2.75) is 17.0 Å². The number of carbonyl (C=O) groups is 1. The van der Waals surface area contributed by atoms with Gasteiger partial charge in [-0.1, -0.05) is 15.9 Å². The predicted molar refractivity (Wildman–Crippen MR) is 81.1 cm³/mol. The lowest BCUT2D eigenvalue weighted by Gasteiger charge is -2.09. The Morgan fingerprint density at radius 2 is 2.50 bits per heavy atom. The summed E-state index contributed by atoms with van der Waals surface area (Å²) in [4.78, 5) is 14.4. The molecule has 2 heterocycles. The van der Waals surface area contributed by atoms with Gasteiger partial charge in [-0.2, -0.15) is 11.8 Å². The Labute approximate surface area is 124 Å². The molecule has 2 rings (SSSR count). The van der Waals surface area contributed by atoms with E-state index in [1.54, 1.807) is 18.4 Å². The van der Waals surface area contributed by atoms with Gasteiger partial charge >= 0.3 is 0 Å². The van der Waals surface area contributed by atoms with Crippen LogP contribution in [0.4, 0.5) is 0 Å². The molecule has 1 unspecified atom stereocenters. The van der Waals surface area contributed by atoms with Gasteiger partial charge in [0.05, 0.1) is 16.3 Å². The van der Waals surface area contributed by atoms with Crippen LogP contribution in [-0.2, 0) is 16.9 Å². The monoisotopic (exact) mass is 349 g/mol. The minimum Gasteiger partial charge on any atom is -0.383 e. The lowest BCUT2D eigenvalue weighted by Crippen LogP contribution is -2.30. The fraction of sp³-hybridized carbons (Fsp3) is 0.583. The van der Waals surface area contributed by atoms with E-state index in [0.717, 1.165) is 17.1 Å². The first kappa shape index (κ1) is 14.4. The number of ether oxygens (including phenoxy) is 1. The van der Waals surface area contributed by atoms with Gasteiger partial charge in [-0.05, 0) is 23.8 Å². The number of nitrogens with one attached hydrogen (secondary N) is 1. The second kappa shape index (κ2) is 6.93. The number of hydrogen-bond acceptors (Lipinski definition) is 4. The second-order valence-electron chi connectivity index (χ2n) is 4.12. The largest absolute Gasteiger partial charge is 0.383 e. The van der Waals surface area contributed by atoms with Gasteiger partial charge in [-0.15, -0.1) is 11.3 Å². The lowest BCUT2D eigenvalue weighted by molar-refractivity contribution is 0.0954. The topological polar surface area (TPSA) is 38.3 Å². The summed E-state index contributed by atoms with van der Waals surface area (Å²) in [5, 5.41) is 2.93. The van der Waals surface area contributed by atoms with Gasteiger partial charge in [0.15, 0.2) is 0 Å². The number of fused-ring (bicyclic) bond motifs is 1. The molecule has 0 aromatic carbocycles. The fourth-order valence-electron chi connectivity index (χ4n) is 1.79. The van der Waals surface area contributed by atoms with E-state index in [9.17, 15) is 4.79 Å². The molecule has 1 aliphatic heterocycles. The molecule has 18 heavy (non-hydrogen) atoms. The number of amides is 1. The number of halogens is 1. The van der Waals surface area contributed by atoms with Crippen LogP contribution in [0.5, 0.6) is 0 Å². The van der Waals surface area contributed by atoms with Gasteiger partial charge < -0.3 is 10.1 Å². The first-order valence-electron chi connectivity index (χ1n) is 5.81. The van der Waals surface area contributed by atoms with E-state index < -0.39 is 0 Å². The molecule has 1 aromatic rings. The number of aryl methyl sites for hydroxylation is 1. The van der Waals surface area contributed by atoms with Crippen LogP contribution >= 0.6 is 39.0 Å². The van der Waals surface area contributed by atoms with E-state index >= 15 is 0 Å². The summed E-state index contributed by atoms with van der Waals surface area (Å²) in [6.45, 7) is 1.18. The van der Waals surface area contributed by atoms with Crippen LogP contribution in [0.3, 0.4) is 0 Å². The highest BCUT2D eigenvalue weighted by molar-refractivity contribution is 9.09. The summed E-state index contributed by atoms with van der Waals surface area (Å²) in [6.07, 6.45) is 1.10. The van der Waals surface area contributed by atoms with E-state index in [2.05, 4.69) is 21.2 Å². The highest BCUT2D eigenvalue weighted by atomic mass is 79.9. The highest BCUT2D eigenvalue weighted by Crippen LogP contribution is 2.31. The van der Waals surface area contributed by atoms with Crippen LogP contribution in [0.2, 0.25) is 0 Å². The standard InChI is InChI=1S/C12H16BrNO2S2/c1-16-6-9(13)5-14-12(15)11-4-8-7-17-3-2-10(8)18-11/h4,9H,2-3,5-7H2,1H3,(H,14,15). The van der Waals surface area contributed by atoms with Crippen molar-refractivity contribution in [3.8, 4) is 0 Å². The Hall–Kier alpha value is -0.0400. The minimum absolute atomic E-state index is 0.0277. The number of thioether (sulfide) groups is 1. The number of alkyl halides is 1. The first-order chi connectivity index (χ1) is 8.70. The fourth-order valence-corrected chi connectivity index (χ4v) is 4.50. The summed E-state index contributed by atoms with van der Waals surface area (Å²) >= 11 is 7.03. The molecule has 0 bridgehead atoms. The van der Waals surface area contributed by atoms with Gasteiger partial charge in [0.25, 0.3) is 5.91 Å². The smallest absolute Gasteiger partial charge is 0.261 e. The summed E-state index contributed by atoms with van der Waals surface area (Å²) in [5.41, 5.74) is 1.34. The third-order valence-electron chi connectivity index (χ3n) is 2.68. The molecule has 1 aliphatic rings. The molecule has 1 aromatic heterocycles. The maximum absolute atomic E-state index is 12.0. The summed E-state index contributed by atoms with van der Waals surface area (Å²) in [5.74, 6) is 2.25. The molecule has 100 valence electrons. The maximum atomic E-state index is 12.0. The molecule has 0 aliphatic carbocycles. The predicted octanol–water partition coefficient (Wildman–Crippen LogP) is 2.68. The van der Waals surface area contributed by atoms with Crippen LogP contribution in [0.1, 0.15) is 20.1 Å². The van der Waals surface area contributed by atoms with Gasteiger partial charge in [0.1, 0.15) is 0 Å². The van der Waals surface area contributed by atoms with Gasteiger partial charge in [0, 0.05) is 24.3 Å². The zero-order valence-corrected chi connectivity index (χ0v) is 13.4. The Morgan fingerprint density at radius 1 is 1.67 bits per heavy atom. The van der Waals surface area contributed by atoms with E-state index in [0.29, 0.717) is 13.2 Å². The van der Waals surface area contributed by atoms with Crippen LogP contribution in [0, 0.1) is 0 Å². The molecule has 0 saturated heterocycles.